The van der Waals surface area contributed by atoms with Gasteiger partial charge in [-0.2, -0.15) is 0 Å². The number of anilines is 1. The van der Waals surface area contributed by atoms with Crippen LogP contribution in [0, 0.1) is 0 Å². The largest absolute Gasteiger partial charge is 0.334 e. The second-order valence-corrected chi connectivity index (χ2v) is 6.87. The molecule has 3 rings (SSSR count). The molecule has 0 spiro atoms. The van der Waals surface area contributed by atoms with Gasteiger partial charge in [-0.1, -0.05) is 60.7 Å². The van der Waals surface area contributed by atoms with E-state index in [4.69, 9.17) is 0 Å². The number of nitrogens with one attached hydrogen (secondary N) is 1. The highest BCUT2D eigenvalue weighted by Crippen LogP contribution is 2.26. The van der Waals surface area contributed by atoms with Crippen molar-refractivity contribution in [1.29, 1.82) is 0 Å². The van der Waals surface area contributed by atoms with Gasteiger partial charge in [-0.05, 0) is 29.7 Å². The molecular weight excluding hydrogens is 378 g/mol. The number of hydrogen-bond donors (Lipinski definition) is 1. The zero-order valence-corrected chi connectivity index (χ0v) is 16.5. The first kappa shape index (κ1) is 20.9. The van der Waals surface area contributed by atoms with E-state index in [9.17, 15) is 14.4 Å². The molecule has 30 heavy (non-hydrogen) atoms. The fourth-order valence-corrected chi connectivity index (χ4v) is 3.24. The van der Waals surface area contributed by atoms with E-state index in [1.807, 2.05) is 60.7 Å². The molecule has 0 saturated heterocycles. The van der Waals surface area contributed by atoms with E-state index >= 15 is 0 Å². The van der Waals surface area contributed by atoms with Crippen LogP contribution in [0.3, 0.4) is 0 Å². The number of carbonyl (C=O) groups excluding carboxylic acids is 3. The lowest BCUT2D eigenvalue weighted by Crippen LogP contribution is -2.28. The molecule has 1 aromatic heterocycles. The van der Waals surface area contributed by atoms with E-state index < -0.39 is 0 Å². The Hall–Kier alpha value is -3.80. The van der Waals surface area contributed by atoms with E-state index in [-0.39, 0.29) is 18.4 Å². The molecule has 6 heteroatoms. The summed E-state index contributed by atoms with van der Waals surface area (Å²) in [5, 5.41) is 2.73. The topological polar surface area (TPSA) is 79.4 Å². The molecule has 1 heterocycles. The van der Waals surface area contributed by atoms with Gasteiger partial charge in [-0.15, -0.1) is 0 Å². The molecule has 0 radical (unpaired) electrons. The zero-order chi connectivity index (χ0) is 21.2. The molecule has 1 atom stereocenters. The normalized spacial score (nSPS) is 11.3. The van der Waals surface area contributed by atoms with E-state index in [0.717, 1.165) is 17.5 Å². The Bertz CT molecular complexity index is 960. The Kier molecular flexibility index (Phi) is 7.44. The first-order valence-corrected chi connectivity index (χ1v) is 9.70. The molecule has 6 nitrogen and oxygen atoms in total. The van der Waals surface area contributed by atoms with E-state index in [2.05, 4.69) is 10.3 Å². The highest BCUT2D eigenvalue weighted by molar-refractivity contribution is 5.90. The molecule has 2 aromatic carbocycles. The minimum Gasteiger partial charge on any atom is -0.334 e. The minimum atomic E-state index is -0.236. The van der Waals surface area contributed by atoms with Gasteiger partial charge in [0.25, 0.3) is 0 Å². The smallest absolute Gasteiger partial charge is 0.225 e. The summed E-state index contributed by atoms with van der Waals surface area (Å²) in [6.45, 7) is 0.459. The Labute approximate surface area is 175 Å². The average molecular weight is 401 g/mol. The number of amides is 2. The Morgan fingerprint density at radius 1 is 0.967 bits per heavy atom. The maximum absolute atomic E-state index is 12.4. The van der Waals surface area contributed by atoms with Crippen LogP contribution < -0.4 is 5.32 Å². The Morgan fingerprint density at radius 2 is 1.67 bits per heavy atom. The van der Waals surface area contributed by atoms with E-state index in [0.29, 0.717) is 30.6 Å². The molecule has 0 fully saturated rings. The van der Waals surface area contributed by atoms with Gasteiger partial charge < -0.3 is 10.2 Å². The quantitative estimate of drug-likeness (QED) is 0.521. The summed E-state index contributed by atoms with van der Waals surface area (Å²) in [5.41, 5.74) is 2.44. The molecule has 0 aliphatic rings. The van der Waals surface area contributed by atoms with Gasteiger partial charge in [0, 0.05) is 24.7 Å². The van der Waals surface area contributed by atoms with Crippen LogP contribution in [-0.4, -0.2) is 28.5 Å². The number of benzene rings is 2. The minimum absolute atomic E-state index is 0.201. The fourth-order valence-electron chi connectivity index (χ4n) is 3.24. The molecule has 0 bridgehead atoms. The number of pyridine rings is 1. The maximum Gasteiger partial charge on any atom is 0.225 e. The molecule has 0 aliphatic carbocycles. The van der Waals surface area contributed by atoms with Gasteiger partial charge in [-0.25, -0.2) is 4.98 Å². The van der Waals surface area contributed by atoms with Gasteiger partial charge in [0.2, 0.25) is 12.3 Å². The van der Waals surface area contributed by atoms with Crippen LogP contribution in [0.1, 0.15) is 40.4 Å². The summed E-state index contributed by atoms with van der Waals surface area (Å²) in [7, 11) is 0. The monoisotopic (exact) mass is 401 g/mol. The van der Waals surface area contributed by atoms with Crippen molar-refractivity contribution in [3.8, 4) is 0 Å². The van der Waals surface area contributed by atoms with Crippen molar-refractivity contribution in [1.82, 2.24) is 9.88 Å². The van der Waals surface area contributed by atoms with Gasteiger partial charge in [-0.3, -0.25) is 14.4 Å². The number of aromatic nitrogens is 1. The summed E-state index contributed by atoms with van der Waals surface area (Å²) in [5.74, 6) is 0.186. The van der Waals surface area contributed by atoms with Gasteiger partial charge in [0.05, 0.1) is 6.04 Å². The SMILES string of the molecule is O=Cc1ccc(NC(=O)CCC(c2ccccc2)N(C=O)Cc2ccccc2)nc1. The van der Waals surface area contributed by atoms with Gasteiger partial charge in [0.15, 0.2) is 6.29 Å². The molecule has 1 unspecified atom stereocenters. The Morgan fingerprint density at radius 3 is 2.27 bits per heavy atom. The summed E-state index contributed by atoms with van der Waals surface area (Å²) in [6, 6.07) is 22.4. The van der Waals surface area contributed by atoms with Crippen molar-refractivity contribution in [2.45, 2.75) is 25.4 Å². The van der Waals surface area contributed by atoms with Crippen molar-refractivity contribution >= 4 is 24.4 Å². The van der Waals surface area contributed by atoms with Crippen LogP contribution in [-0.2, 0) is 16.1 Å². The lowest BCUT2D eigenvalue weighted by Gasteiger charge is -2.29. The molecule has 0 saturated carbocycles. The summed E-state index contributed by atoms with van der Waals surface area (Å²) in [4.78, 5) is 40.8. The molecule has 152 valence electrons. The second-order valence-electron chi connectivity index (χ2n) is 6.87. The number of carbonyl (C=O) groups is 3. The predicted octanol–water partition coefficient (Wildman–Crippen LogP) is 4.01. The standard InChI is InChI=1S/C24H23N3O3/c28-17-20-11-13-23(25-15-20)26-24(30)14-12-22(21-9-5-2-6-10-21)27(18-29)16-19-7-3-1-4-8-19/h1-11,13,15,17-18,22H,12,14,16H2,(H,25,26,30). The first-order valence-electron chi connectivity index (χ1n) is 9.70. The van der Waals surface area contributed by atoms with Crippen LogP contribution in [0.5, 0.6) is 0 Å². The van der Waals surface area contributed by atoms with Crippen LogP contribution >= 0.6 is 0 Å². The third-order valence-corrected chi connectivity index (χ3v) is 4.76. The average Bonchev–Trinajstić information content (AvgIpc) is 2.80. The molecular formula is C24H23N3O3. The van der Waals surface area contributed by atoms with Crippen molar-refractivity contribution < 1.29 is 14.4 Å². The summed E-state index contributed by atoms with van der Waals surface area (Å²) < 4.78 is 0. The molecule has 2 amide bonds. The predicted molar refractivity (Wildman–Crippen MR) is 115 cm³/mol. The summed E-state index contributed by atoms with van der Waals surface area (Å²) >= 11 is 0. The molecule has 0 aliphatic heterocycles. The van der Waals surface area contributed by atoms with E-state index in [1.165, 1.54) is 6.20 Å². The van der Waals surface area contributed by atoms with E-state index in [1.54, 1.807) is 17.0 Å². The Balaban J connectivity index is 1.69. The van der Waals surface area contributed by atoms with Crippen molar-refractivity contribution in [2.24, 2.45) is 0 Å². The zero-order valence-electron chi connectivity index (χ0n) is 16.5. The van der Waals surface area contributed by atoms with Crippen molar-refractivity contribution in [2.75, 3.05) is 5.32 Å². The van der Waals surface area contributed by atoms with Crippen molar-refractivity contribution in [3.63, 3.8) is 0 Å². The van der Waals surface area contributed by atoms with Crippen LogP contribution in [0.2, 0.25) is 0 Å². The number of nitrogens with zero attached hydrogens (tertiary/aromatic N) is 2. The lowest BCUT2D eigenvalue weighted by atomic mass is 9.99. The number of rotatable bonds is 10. The van der Waals surface area contributed by atoms with Gasteiger partial charge in [0.1, 0.15) is 5.82 Å². The lowest BCUT2D eigenvalue weighted by molar-refractivity contribution is -0.122. The summed E-state index contributed by atoms with van der Waals surface area (Å²) in [6.07, 6.45) is 3.62. The van der Waals surface area contributed by atoms with Gasteiger partial charge >= 0.3 is 0 Å². The fraction of sp³-hybridized carbons (Fsp3) is 0.167. The maximum atomic E-state index is 12.4. The van der Waals surface area contributed by atoms with Crippen LogP contribution in [0.15, 0.2) is 79.0 Å². The number of aldehydes is 1. The first-order chi connectivity index (χ1) is 14.7. The van der Waals surface area contributed by atoms with Crippen molar-refractivity contribution in [3.05, 3.63) is 95.7 Å². The van der Waals surface area contributed by atoms with Crippen LogP contribution in [0.4, 0.5) is 5.82 Å². The third kappa shape index (κ3) is 5.85. The van der Waals surface area contributed by atoms with Crippen LogP contribution in [0.25, 0.3) is 0 Å². The highest BCUT2D eigenvalue weighted by atomic mass is 16.2. The second kappa shape index (κ2) is 10.7. The third-order valence-electron chi connectivity index (χ3n) is 4.76. The molecule has 3 aromatic rings. The molecule has 1 N–H and O–H groups in total. The number of hydrogen-bond acceptors (Lipinski definition) is 4. The highest BCUT2D eigenvalue weighted by Gasteiger charge is 2.20.